The quantitative estimate of drug-likeness (QED) is 0.737. The molecule has 148 valence electrons. The van der Waals surface area contributed by atoms with E-state index in [1.54, 1.807) is 12.1 Å². The van der Waals surface area contributed by atoms with Gasteiger partial charge >= 0.3 is 0 Å². The van der Waals surface area contributed by atoms with Crippen LogP contribution in [0.15, 0.2) is 29.2 Å². The van der Waals surface area contributed by atoms with Crippen molar-refractivity contribution in [2.45, 2.75) is 43.7 Å². The summed E-state index contributed by atoms with van der Waals surface area (Å²) >= 11 is 0. The molecule has 2 aliphatic rings. The maximum atomic E-state index is 12.8. The molecule has 8 nitrogen and oxygen atoms in total. The third kappa shape index (κ3) is 4.85. The van der Waals surface area contributed by atoms with Gasteiger partial charge in [0.15, 0.2) is 0 Å². The second kappa shape index (κ2) is 7.95. The van der Waals surface area contributed by atoms with E-state index in [0.717, 1.165) is 12.8 Å². The van der Waals surface area contributed by atoms with Crippen molar-refractivity contribution in [1.29, 1.82) is 0 Å². The molecule has 2 amide bonds. The van der Waals surface area contributed by atoms with E-state index in [4.69, 9.17) is 0 Å². The lowest BCUT2D eigenvalue weighted by molar-refractivity contribution is -0.126. The maximum absolute atomic E-state index is 12.8. The number of carbonyl (C=O) groups is 2. The summed E-state index contributed by atoms with van der Waals surface area (Å²) in [6.45, 7) is 4.98. The fourth-order valence-electron chi connectivity index (χ4n) is 3.11. The van der Waals surface area contributed by atoms with Crippen LogP contribution in [0.25, 0.3) is 0 Å². The summed E-state index contributed by atoms with van der Waals surface area (Å²) in [4.78, 5) is 25.5. The Kier molecular flexibility index (Phi) is 5.83. The Hall–Kier alpha value is -1.97. The molecule has 2 N–H and O–H groups in total. The minimum atomic E-state index is -3.59. The first-order chi connectivity index (χ1) is 12.8. The number of nitrogens with zero attached hydrogens (tertiary/aromatic N) is 2. The Labute approximate surface area is 160 Å². The molecule has 1 atom stereocenters. The van der Waals surface area contributed by atoms with Crippen molar-refractivity contribution in [3.63, 3.8) is 0 Å². The molecule has 1 aliphatic heterocycles. The van der Waals surface area contributed by atoms with Crippen LogP contribution >= 0.6 is 0 Å². The van der Waals surface area contributed by atoms with Gasteiger partial charge in [0.2, 0.25) is 21.8 Å². The molecule has 1 aliphatic carbocycles. The van der Waals surface area contributed by atoms with E-state index >= 15 is 0 Å². The molecule has 27 heavy (non-hydrogen) atoms. The number of anilines is 1. The molecule has 1 aromatic carbocycles. The molecule has 1 saturated heterocycles. The average Bonchev–Trinajstić information content (AvgIpc) is 3.45. The number of nitrogens with one attached hydrogen (secondary N) is 2. The summed E-state index contributed by atoms with van der Waals surface area (Å²) in [5.41, 5.74) is 0.557. The molecule has 1 saturated carbocycles. The molecular formula is C18H26N4O4S. The van der Waals surface area contributed by atoms with Crippen LogP contribution in [0.3, 0.4) is 0 Å². The van der Waals surface area contributed by atoms with Gasteiger partial charge in [-0.05, 0) is 44.0 Å². The Morgan fingerprint density at radius 3 is 2.19 bits per heavy atom. The van der Waals surface area contributed by atoms with Crippen LogP contribution in [0, 0.1) is 0 Å². The molecule has 1 heterocycles. The van der Waals surface area contributed by atoms with Crippen molar-refractivity contribution in [3.05, 3.63) is 24.3 Å². The van der Waals surface area contributed by atoms with Gasteiger partial charge in [-0.3, -0.25) is 14.5 Å². The highest BCUT2D eigenvalue weighted by Crippen LogP contribution is 2.22. The number of carbonyl (C=O) groups excluding carboxylic acids is 2. The summed E-state index contributed by atoms with van der Waals surface area (Å²) in [6.07, 6.45) is 2.09. The fraction of sp³-hybridized carbons (Fsp3) is 0.556. The van der Waals surface area contributed by atoms with Crippen molar-refractivity contribution in [2.75, 3.05) is 31.5 Å². The lowest BCUT2D eigenvalue weighted by Crippen LogP contribution is -2.55. The van der Waals surface area contributed by atoms with Crippen molar-refractivity contribution in [3.8, 4) is 0 Å². The van der Waals surface area contributed by atoms with Gasteiger partial charge < -0.3 is 10.6 Å². The molecule has 0 aromatic heterocycles. The monoisotopic (exact) mass is 394 g/mol. The Balaban J connectivity index is 1.58. The lowest BCUT2D eigenvalue weighted by Gasteiger charge is -2.36. The Morgan fingerprint density at radius 2 is 1.67 bits per heavy atom. The third-order valence-electron chi connectivity index (χ3n) is 4.94. The second-order valence-corrected chi connectivity index (χ2v) is 9.04. The summed E-state index contributed by atoms with van der Waals surface area (Å²) in [5, 5.41) is 5.61. The highest BCUT2D eigenvalue weighted by Gasteiger charge is 2.33. The van der Waals surface area contributed by atoms with Gasteiger partial charge in [-0.2, -0.15) is 4.31 Å². The average molecular weight is 394 g/mol. The first kappa shape index (κ1) is 19.8. The number of rotatable bonds is 6. The summed E-state index contributed by atoms with van der Waals surface area (Å²) in [6, 6.07) is 6.22. The third-order valence-corrected chi connectivity index (χ3v) is 6.85. The molecule has 0 spiro atoms. The van der Waals surface area contributed by atoms with E-state index in [-0.39, 0.29) is 22.8 Å². The van der Waals surface area contributed by atoms with Crippen LogP contribution in [-0.4, -0.2) is 67.7 Å². The van der Waals surface area contributed by atoms with E-state index in [1.165, 1.54) is 23.4 Å². The van der Waals surface area contributed by atoms with Gasteiger partial charge in [0.1, 0.15) is 0 Å². The molecule has 1 unspecified atom stereocenters. The predicted octanol–water partition coefficient (Wildman–Crippen LogP) is 0.618. The van der Waals surface area contributed by atoms with Gasteiger partial charge in [-0.1, -0.05) is 0 Å². The van der Waals surface area contributed by atoms with Crippen LogP contribution in [0.1, 0.15) is 26.7 Å². The first-order valence-corrected chi connectivity index (χ1v) is 10.6. The molecule has 9 heteroatoms. The largest absolute Gasteiger partial charge is 0.352 e. The normalized spacial score (nSPS) is 20.1. The first-order valence-electron chi connectivity index (χ1n) is 9.19. The summed E-state index contributed by atoms with van der Waals surface area (Å²) in [7, 11) is -3.59. The topological polar surface area (TPSA) is 98.8 Å². The standard InChI is InChI=1S/C18H26N4O4S/c1-13(18(24)20-16-3-4-16)21-9-11-22(12-10-21)27(25,26)17-7-5-15(6-8-17)19-14(2)23/h5-8,13,16H,3-4,9-12H2,1-2H3,(H,19,23)(H,20,24). The van der Waals surface area contributed by atoms with Gasteiger partial charge in [0.05, 0.1) is 10.9 Å². The number of piperazine rings is 1. The van der Waals surface area contributed by atoms with Crippen molar-refractivity contribution in [1.82, 2.24) is 14.5 Å². The molecule has 2 fully saturated rings. The minimum absolute atomic E-state index is 0.0161. The Bertz CT molecular complexity index is 797. The summed E-state index contributed by atoms with van der Waals surface area (Å²) in [5.74, 6) is -0.191. The van der Waals surface area contributed by atoms with E-state index in [9.17, 15) is 18.0 Å². The minimum Gasteiger partial charge on any atom is -0.352 e. The number of hydrogen-bond donors (Lipinski definition) is 2. The lowest BCUT2D eigenvalue weighted by atomic mass is 10.2. The molecule has 3 rings (SSSR count). The van der Waals surface area contributed by atoms with E-state index in [0.29, 0.717) is 37.9 Å². The molecule has 0 radical (unpaired) electrons. The van der Waals surface area contributed by atoms with E-state index < -0.39 is 10.0 Å². The van der Waals surface area contributed by atoms with Crippen molar-refractivity contribution in [2.24, 2.45) is 0 Å². The van der Waals surface area contributed by atoms with Crippen molar-refractivity contribution >= 4 is 27.5 Å². The van der Waals surface area contributed by atoms with E-state index in [1.807, 2.05) is 11.8 Å². The van der Waals surface area contributed by atoms with Crippen molar-refractivity contribution < 1.29 is 18.0 Å². The van der Waals surface area contributed by atoms with Gasteiger partial charge in [0.25, 0.3) is 0 Å². The molecule has 0 bridgehead atoms. The second-order valence-electron chi connectivity index (χ2n) is 7.10. The number of benzene rings is 1. The zero-order valence-corrected chi connectivity index (χ0v) is 16.5. The number of hydrogen-bond acceptors (Lipinski definition) is 5. The van der Waals surface area contributed by atoms with Crippen LogP contribution in [0.2, 0.25) is 0 Å². The van der Waals surface area contributed by atoms with Crippen LogP contribution in [0.4, 0.5) is 5.69 Å². The molecular weight excluding hydrogens is 368 g/mol. The van der Waals surface area contributed by atoms with Crippen LogP contribution in [0.5, 0.6) is 0 Å². The Morgan fingerprint density at radius 1 is 1.07 bits per heavy atom. The number of amides is 2. The van der Waals surface area contributed by atoms with Gasteiger partial charge in [-0.25, -0.2) is 8.42 Å². The number of sulfonamides is 1. The smallest absolute Gasteiger partial charge is 0.243 e. The highest BCUT2D eigenvalue weighted by atomic mass is 32.2. The highest BCUT2D eigenvalue weighted by molar-refractivity contribution is 7.89. The predicted molar refractivity (Wildman–Crippen MR) is 102 cm³/mol. The zero-order chi connectivity index (χ0) is 19.6. The van der Waals surface area contributed by atoms with Crippen LogP contribution in [-0.2, 0) is 19.6 Å². The van der Waals surface area contributed by atoms with Gasteiger partial charge in [-0.15, -0.1) is 0 Å². The maximum Gasteiger partial charge on any atom is 0.243 e. The zero-order valence-electron chi connectivity index (χ0n) is 15.6. The summed E-state index contributed by atoms with van der Waals surface area (Å²) < 4.78 is 27.1. The van der Waals surface area contributed by atoms with E-state index in [2.05, 4.69) is 10.6 Å². The molecule has 1 aromatic rings. The van der Waals surface area contributed by atoms with Gasteiger partial charge in [0, 0.05) is 44.8 Å². The SMILES string of the molecule is CC(=O)Nc1ccc(S(=O)(=O)N2CCN(C(C)C(=O)NC3CC3)CC2)cc1. The van der Waals surface area contributed by atoms with Crippen LogP contribution < -0.4 is 10.6 Å². The fourth-order valence-corrected chi connectivity index (χ4v) is 4.53.